The summed E-state index contributed by atoms with van der Waals surface area (Å²) >= 11 is 0. The van der Waals surface area contributed by atoms with Gasteiger partial charge in [-0.05, 0) is 31.2 Å². The van der Waals surface area contributed by atoms with Crippen LogP contribution in [0.15, 0.2) is 53.3 Å². The molecule has 0 aliphatic rings. The van der Waals surface area contributed by atoms with Crippen molar-refractivity contribution in [2.75, 3.05) is 24.1 Å². The Morgan fingerprint density at radius 3 is 2.43 bits per heavy atom. The second kappa shape index (κ2) is 8.36. The summed E-state index contributed by atoms with van der Waals surface area (Å²) in [6, 6.07) is 15.7. The molecule has 154 valence electrons. The van der Waals surface area contributed by atoms with E-state index in [1.807, 2.05) is 37.3 Å². The van der Waals surface area contributed by atoms with Gasteiger partial charge in [-0.1, -0.05) is 29.8 Å². The smallest absolute Gasteiger partial charge is 0.301 e. The lowest BCUT2D eigenvalue weighted by Crippen LogP contribution is -2.28. The third kappa shape index (κ3) is 4.65. The van der Waals surface area contributed by atoms with Crippen LogP contribution in [0.2, 0.25) is 0 Å². The van der Waals surface area contributed by atoms with E-state index >= 15 is 0 Å². The number of aromatic amines is 1. The molecule has 1 heterocycles. The Labute approximate surface area is 174 Å². The van der Waals surface area contributed by atoms with Crippen molar-refractivity contribution in [3.05, 3.63) is 70.0 Å². The molecule has 0 aliphatic carbocycles. The van der Waals surface area contributed by atoms with Crippen LogP contribution in [0.3, 0.4) is 0 Å². The van der Waals surface area contributed by atoms with Crippen LogP contribution in [0.4, 0.5) is 17.3 Å². The number of benzene rings is 2. The van der Waals surface area contributed by atoms with Crippen molar-refractivity contribution in [3.63, 3.8) is 0 Å². The van der Waals surface area contributed by atoms with Gasteiger partial charge in [-0.25, -0.2) is 4.98 Å². The zero-order chi connectivity index (χ0) is 21.9. The fourth-order valence-corrected chi connectivity index (χ4v) is 3.20. The molecule has 1 aromatic heterocycles. The molecule has 0 radical (unpaired) electrons. The van der Waals surface area contributed by atoms with Crippen LogP contribution in [0, 0.1) is 18.3 Å². The van der Waals surface area contributed by atoms with E-state index in [9.17, 15) is 18.5 Å². The number of anilines is 3. The summed E-state index contributed by atoms with van der Waals surface area (Å²) in [7, 11) is -0.901. The van der Waals surface area contributed by atoms with Gasteiger partial charge in [0, 0.05) is 25.3 Å². The molecular formula is C20H20N6O3S. The molecule has 0 fully saturated rings. The number of nitriles is 1. The van der Waals surface area contributed by atoms with Crippen molar-refractivity contribution in [3.8, 4) is 17.3 Å². The number of rotatable bonds is 6. The highest BCUT2D eigenvalue weighted by atomic mass is 32.2. The minimum Gasteiger partial charge on any atom is -0.326 e. The van der Waals surface area contributed by atoms with Gasteiger partial charge in [0.2, 0.25) is 5.95 Å². The molecule has 0 aliphatic heterocycles. The number of aryl methyl sites for hydroxylation is 1. The van der Waals surface area contributed by atoms with E-state index in [0.29, 0.717) is 11.3 Å². The first kappa shape index (κ1) is 21.0. The fourth-order valence-electron chi connectivity index (χ4n) is 2.59. The summed E-state index contributed by atoms with van der Waals surface area (Å²) in [6.07, 6.45) is 0. The second-order valence-electron chi connectivity index (χ2n) is 6.71. The maximum Gasteiger partial charge on any atom is 0.301 e. The molecule has 10 heteroatoms. The van der Waals surface area contributed by atoms with Crippen molar-refractivity contribution in [2.24, 2.45) is 0 Å². The Hall–Kier alpha value is -3.68. The van der Waals surface area contributed by atoms with E-state index in [1.165, 1.54) is 20.2 Å². The minimum absolute atomic E-state index is 0.141. The maximum absolute atomic E-state index is 12.4. The molecule has 0 spiro atoms. The molecular weight excluding hydrogens is 404 g/mol. The van der Waals surface area contributed by atoms with Crippen molar-refractivity contribution >= 4 is 27.5 Å². The number of H-pyrrole nitrogens is 1. The predicted octanol–water partition coefficient (Wildman–Crippen LogP) is 2.58. The SMILES string of the molecule is Cc1ccc(Nc2nc(-c3cccc(NS(=O)(=O)N(C)C)c3)c(C#N)c(=O)[nH]2)cc1. The molecule has 3 aromatic rings. The minimum atomic E-state index is -3.71. The lowest BCUT2D eigenvalue weighted by atomic mass is 10.1. The van der Waals surface area contributed by atoms with Gasteiger partial charge in [-0.3, -0.25) is 14.5 Å². The van der Waals surface area contributed by atoms with Gasteiger partial charge in [-0.15, -0.1) is 0 Å². The summed E-state index contributed by atoms with van der Waals surface area (Å²) < 4.78 is 27.6. The molecule has 2 aromatic carbocycles. The van der Waals surface area contributed by atoms with Gasteiger partial charge >= 0.3 is 10.2 Å². The third-order valence-corrected chi connectivity index (χ3v) is 5.66. The molecule has 3 N–H and O–H groups in total. The number of nitrogens with one attached hydrogen (secondary N) is 3. The fraction of sp³-hybridized carbons (Fsp3) is 0.150. The van der Waals surface area contributed by atoms with E-state index < -0.39 is 15.8 Å². The zero-order valence-electron chi connectivity index (χ0n) is 16.6. The average molecular weight is 424 g/mol. The van der Waals surface area contributed by atoms with Gasteiger partial charge in [0.1, 0.15) is 11.6 Å². The highest BCUT2D eigenvalue weighted by molar-refractivity contribution is 7.90. The Morgan fingerprint density at radius 2 is 1.80 bits per heavy atom. The number of nitrogens with zero attached hydrogens (tertiary/aromatic N) is 3. The lowest BCUT2D eigenvalue weighted by molar-refractivity contribution is 0.527. The van der Waals surface area contributed by atoms with Crippen LogP contribution in [0.1, 0.15) is 11.1 Å². The monoisotopic (exact) mass is 424 g/mol. The lowest BCUT2D eigenvalue weighted by Gasteiger charge is -2.14. The van der Waals surface area contributed by atoms with Crippen LogP contribution >= 0.6 is 0 Å². The molecule has 0 bridgehead atoms. The quantitative estimate of drug-likeness (QED) is 0.557. The standard InChI is InChI=1S/C20H20N6O3S/c1-13-7-9-15(10-8-13)22-20-23-18(17(12-21)19(27)24-20)14-5-4-6-16(11-14)25-30(28,29)26(2)3/h4-11,25H,1-3H3,(H2,22,23,24,27). The van der Waals surface area contributed by atoms with Crippen molar-refractivity contribution in [1.82, 2.24) is 14.3 Å². The van der Waals surface area contributed by atoms with Gasteiger partial charge in [0.25, 0.3) is 5.56 Å². The summed E-state index contributed by atoms with van der Waals surface area (Å²) in [5.74, 6) is 0.164. The Balaban J connectivity index is 2.03. The van der Waals surface area contributed by atoms with E-state index in [1.54, 1.807) is 18.2 Å². The molecule has 0 amide bonds. The van der Waals surface area contributed by atoms with Crippen molar-refractivity contribution in [2.45, 2.75) is 6.92 Å². The van der Waals surface area contributed by atoms with Crippen LogP contribution in [0.25, 0.3) is 11.3 Å². The van der Waals surface area contributed by atoms with Gasteiger partial charge in [0.15, 0.2) is 0 Å². The number of hydrogen-bond acceptors (Lipinski definition) is 6. The first-order chi connectivity index (χ1) is 14.2. The molecule has 30 heavy (non-hydrogen) atoms. The van der Waals surface area contributed by atoms with Crippen LogP contribution in [-0.4, -0.2) is 36.8 Å². The van der Waals surface area contributed by atoms with E-state index in [0.717, 1.165) is 9.87 Å². The van der Waals surface area contributed by atoms with Crippen LogP contribution in [-0.2, 0) is 10.2 Å². The Kier molecular flexibility index (Phi) is 5.86. The largest absolute Gasteiger partial charge is 0.326 e. The van der Waals surface area contributed by atoms with E-state index in [2.05, 4.69) is 20.0 Å². The topological polar surface area (TPSA) is 131 Å². The molecule has 3 rings (SSSR count). The molecule has 0 atom stereocenters. The average Bonchev–Trinajstić information content (AvgIpc) is 2.69. The Bertz CT molecular complexity index is 1280. The molecule has 0 saturated carbocycles. The van der Waals surface area contributed by atoms with Crippen molar-refractivity contribution in [1.29, 1.82) is 5.26 Å². The summed E-state index contributed by atoms with van der Waals surface area (Å²) in [4.78, 5) is 19.4. The van der Waals surface area contributed by atoms with Gasteiger partial charge < -0.3 is 5.32 Å². The maximum atomic E-state index is 12.4. The van der Waals surface area contributed by atoms with E-state index in [4.69, 9.17) is 0 Å². The van der Waals surface area contributed by atoms with Crippen LogP contribution < -0.4 is 15.6 Å². The first-order valence-electron chi connectivity index (χ1n) is 8.88. The zero-order valence-corrected chi connectivity index (χ0v) is 17.4. The summed E-state index contributed by atoms with van der Waals surface area (Å²) in [5, 5.41) is 12.5. The number of hydrogen-bond donors (Lipinski definition) is 3. The van der Waals surface area contributed by atoms with Crippen molar-refractivity contribution < 1.29 is 8.42 Å². The van der Waals surface area contributed by atoms with E-state index in [-0.39, 0.29) is 22.9 Å². The highest BCUT2D eigenvalue weighted by Crippen LogP contribution is 2.25. The summed E-state index contributed by atoms with van der Waals surface area (Å²) in [6.45, 7) is 1.96. The Morgan fingerprint density at radius 1 is 1.10 bits per heavy atom. The van der Waals surface area contributed by atoms with Gasteiger partial charge in [-0.2, -0.15) is 18.0 Å². The molecule has 0 unspecified atom stereocenters. The normalized spacial score (nSPS) is 11.2. The van der Waals surface area contributed by atoms with Gasteiger partial charge in [0.05, 0.1) is 11.4 Å². The number of aromatic nitrogens is 2. The first-order valence-corrected chi connectivity index (χ1v) is 10.3. The van der Waals surface area contributed by atoms with Crippen LogP contribution in [0.5, 0.6) is 0 Å². The molecule has 9 nitrogen and oxygen atoms in total. The summed E-state index contributed by atoms with van der Waals surface area (Å²) in [5.41, 5.74) is 1.87. The predicted molar refractivity (Wildman–Crippen MR) is 116 cm³/mol. The third-order valence-electron chi connectivity index (χ3n) is 4.21. The highest BCUT2D eigenvalue weighted by Gasteiger charge is 2.16. The second-order valence-corrected chi connectivity index (χ2v) is 8.60. The molecule has 0 saturated heterocycles.